The van der Waals surface area contributed by atoms with E-state index >= 15 is 0 Å². The molecule has 3 nitrogen and oxygen atoms in total. The molecule has 3 heteroatoms. The maximum Gasteiger partial charge on any atom is 0.172 e. The average Bonchev–Trinajstić information content (AvgIpc) is 2.15. The van der Waals surface area contributed by atoms with Gasteiger partial charge in [0, 0.05) is 19.0 Å². The molecule has 1 aromatic carbocycles. The van der Waals surface area contributed by atoms with Crippen LogP contribution in [0.5, 0.6) is 5.75 Å². The van der Waals surface area contributed by atoms with Gasteiger partial charge in [-0.3, -0.25) is 4.79 Å². The molecule has 0 unspecified atom stereocenters. The number of hydrogen-bond acceptors (Lipinski definition) is 3. The highest BCUT2D eigenvalue weighted by Crippen LogP contribution is 2.24. The first kappa shape index (κ1) is 10.2. The maximum absolute atomic E-state index is 12.0. The SMILES string of the molecule is COc1ccc(C)cc1C(=O)C1CNC1. The summed E-state index contributed by atoms with van der Waals surface area (Å²) in [6.45, 7) is 3.56. The van der Waals surface area contributed by atoms with Gasteiger partial charge >= 0.3 is 0 Å². The Labute approximate surface area is 89.4 Å². The fourth-order valence-corrected chi connectivity index (χ4v) is 1.71. The Morgan fingerprint density at radius 3 is 2.73 bits per heavy atom. The minimum absolute atomic E-state index is 0.126. The molecule has 0 bridgehead atoms. The summed E-state index contributed by atoms with van der Waals surface area (Å²) in [5, 5.41) is 3.10. The lowest BCUT2D eigenvalue weighted by Crippen LogP contribution is -2.46. The largest absolute Gasteiger partial charge is 0.496 e. The number of Topliss-reactive ketones (excluding diaryl/α,β-unsaturated/α-hetero) is 1. The predicted octanol–water partition coefficient (Wildman–Crippen LogP) is 1.41. The summed E-state index contributed by atoms with van der Waals surface area (Å²) >= 11 is 0. The quantitative estimate of drug-likeness (QED) is 0.758. The summed E-state index contributed by atoms with van der Waals surface area (Å²) in [6.07, 6.45) is 0. The Kier molecular flexibility index (Phi) is 2.73. The van der Waals surface area contributed by atoms with E-state index in [1.165, 1.54) is 0 Å². The Morgan fingerprint density at radius 2 is 2.20 bits per heavy atom. The maximum atomic E-state index is 12.0. The van der Waals surface area contributed by atoms with E-state index in [4.69, 9.17) is 4.74 Å². The standard InChI is InChI=1S/C12H15NO2/c1-8-3-4-11(15-2)10(5-8)12(14)9-6-13-7-9/h3-5,9,13H,6-7H2,1-2H3. The second kappa shape index (κ2) is 4.03. The van der Waals surface area contributed by atoms with E-state index < -0.39 is 0 Å². The average molecular weight is 205 g/mol. The molecule has 0 saturated carbocycles. The number of ether oxygens (including phenoxy) is 1. The number of aryl methyl sites for hydroxylation is 1. The van der Waals surface area contributed by atoms with Crippen LogP contribution < -0.4 is 10.1 Å². The zero-order chi connectivity index (χ0) is 10.8. The normalized spacial score (nSPS) is 15.9. The van der Waals surface area contributed by atoms with Crippen molar-refractivity contribution in [1.82, 2.24) is 5.32 Å². The molecule has 1 fully saturated rings. The molecule has 0 aromatic heterocycles. The molecule has 1 saturated heterocycles. The van der Waals surface area contributed by atoms with Crippen LogP contribution in [0.2, 0.25) is 0 Å². The van der Waals surface area contributed by atoms with Crippen LogP contribution in [0.1, 0.15) is 15.9 Å². The van der Waals surface area contributed by atoms with E-state index in [1.54, 1.807) is 7.11 Å². The number of carbonyl (C=O) groups excluding carboxylic acids is 1. The fraction of sp³-hybridized carbons (Fsp3) is 0.417. The number of ketones is 1. The summed E-state index contributed by atoms with van der Waals surface area (Å²) in [6, 6.07) is 5.71. The Balaban J connectivity index is 2.31. The number of hydrogen-bond donors (Lipinski definition) is 1. The van der Waals surface area contributed by atoms with Crippen molar-refractivity contribution < 1.29 is 9.53 Å². The molecule has 0 spiro atoms. The van der Waals surface area contributed by atoms with Gasteiger partial charge in [-0.1, -0.05) is 11.6 Å². The highest BCUT2D eigenvalue weighted by atomic mass is 16.5. The van der Waals surface area contributed by atoms with Crippen molar-refractivity contribution in [1.29, 1.82) is 0 Å². The van der Waals surface area contributed by atoms with Crippen molar-refractivity contribution in [2.75, 3.05) is 20.2 Å². The lowest BCUT2D eigenvalue weighted by atomic mass is 9.91. The van der Waals surface area contributed by atoms with Crippen LogP contribution in [0, 0.1) is 12.8 Å². The van der Waals surface area contributed by atoms with Crippen molar-refractivity contribution in [3.63, 3.8) is 0 Å². The van der Waals surface area contributed by atoms with Crippen molar-refractivity contribution in [2.45, 2.75) is 6.92 Å². The highest BCUT2D eigenvalue weighted by Gasteiger charge is 2.27. The number of carbonyl (C=O) groups is 1. The molecular formula is C12H15NO2. The Hall–Kier alpha value is -1.35. The molecule has 0 aliphatic carbocycles. The van der Waals surface area contributed by atoms with Gasteiger partial charge in [-0.05, 0) is 19.1 Å². The number of rotatable bonds is 3. The molecule has 1 aromatic rings. The number of benzene rings is 1. The summed E-state index contributed by atoms with van der Waals surface area (Å²) in [5.41, 5.74) is 1.80. The molecule has 15 heavy (non-hydrogen) atoms. The molecule has 0 amide bonds. The lowest BCUT2D eigenvalue weighted by molar-refractivity contribution is 0.0875. The first-order valence-electron chi connectivity index (χ1n) is 5.12. The zero-order valence-electron chi connectivity index (χ0n) is 9.04. The van der Waals surface area contributed by atoms with Gasteiger partial charge in [0.1, 0.15) is 5.75 Å². The van der Waals surface area contributed by atoms with E-state index in [0.717, 1.165) is 18.7 Å². The van der Waals surface area contributed by atoms with Gasteiger partial charge in [-0.15, -0.1) is 0 Å². The van der Waals surface area contributed by atoms with Crippen molar-refractivity contribution >= 4 is 5.78 Å². The number of nitrogens with one attached hydrogen (secondary N) is 1. The zero-order valence-corrected chi connectivity index (χ0v) is 9.04. The van der Waals surface area contributed by atoms with E-state index in [0.29, 0.717) is 11.3 Å². The fourth-order valence-electron chi connectivity index (χ4n) is 1.71. The molecule has 0 atom stereocenters. The second-order valence-electron chi connectivity index (χ2n) is 3.92. The third-order valence-electron chi connectivity index (χ3n) is 2.77. The van der Waals surface area contributed by atoms with Gasteiger partial charge in [0.05, 0.1) is 12.7 Å². The van der Waals surface area contributed by atoms with Crippen LogP contribution in [0.4, 0.5) is 0 Å². The van der Waals surface area contributed by atoms with Crippen molar-refractivity contribution in [3.05, 3.63) is 29.3 Å². The first-order chi connectivity index (χ1) is 7.22. The van der Waals surface area contributed by atoms with Crippen LogP contribution in [0.3, 0.4) is 0 Å². The summed E-state index contributed by atoms with van der Waals surface area (Å²) in [4.78, 5) is 12.0. The smallest absolute Gasteiger partial charge is 0.172 e. The van der Waals surface area contributed by atoms with Crippen LogP contribution >= 0.6 is 0 Å². The Morgan fingerprint density at radius 1 is 1.47 bits per heavy atom. The van der Waals surface area contributed by atoms with Gasteiger partial charge in [0.2, 0.25) is 0 Å². The molecule has 0 radical (unpaired) electrons. The van der Waals surface area contributed by atoms with Crippen molar-refractivity contribution in [2.24, 2.45) is 5.92 Å². The highest BCUT2D eigenvalue weighted by molar-refractivity contribution is 6.01. The minimum atomic E-state index is 0.126. The van der Waals surface area contributed by atoms with E-state index in [9.17, 15) is 4.79 Å². The van der Waals surface area contributed by atoms with Crippen molar-refractivity contribution in [3.8, 4) is 5.75 Å². The van der Waals surface area contributed by atoms with E-state index in [-0.39, 0.29) is 11.7 Å². The predicted molar refractivity (Wildman–Crippen MR) is 58.4 cm³/mol. The summed E-state index contributed by atoms with van der Waals surface area (Å²) in [5.74, 6) is 0.993. The minimum Gasteiger partial charge on any atom is -0.496 e. The third kappa shape index (κ3) is 1.88. The van der Waals surface area contributed by atoms with Gasteiger partial charge in [-0.25, -0.2) is 0 Å². The lowest BCUT2D eigenvalue weighted by Gasteiger charge is -2.26. The second-order valence-corrected chi connectivity index (χ2v) is 3.92. The van der Waals surface area contributed by atoms with Crippen LogP contribution in [0.25, 0.3) is 0 Å². The van der Waals surface area contributed by atoms with Crippen LogP contribution in [-0.2, 0) is 0 Å². The third-order valence-corrected chi connectivity index (χ3v) is 2.77. The van der Waals surface area contributed by atoms with Gasteiger partial charge < -0.3 is 10.1 Å². The molecule has 1 heterocycles. The molecule has 80 valence electrons. The van der Waals surface area contributed by atoms with Gasteiger partial charge in [0.15, 0.2) is 5.78 Å². The van der Waals surface area contributed by atoms with Gasteiger partial charge in [0.25, 0.3) is 0 Å². The molecule has 1 N–H and O–H groups in total. The molecule has 1 aliphatic rings. The first-order valence-corrected chi connectivity index (χ1v) is 5.12. The molecular weight excluding hydrogens is 190 g/mol. The topological polar surface area (TPSA) is 38.3 Å². The number of methoxy groups -OCH3 is 1. The summed E-state index contributed by atoms with van der Waals surface area (Å²) in [7, 11) is 1.60. The molecule has 1 aliphatic heterocycles. The van der Waals surface area contributed by atoms with E-state index in [2.05, 4.69) is 5.32 Å². The monoisotopic (exact) mass is 205 g/mol. The Bertz CT molecular complexity index is 383. The van der Waals surface area contributed by atoms with Gasteiger partial charge in [-0.2, -0.15) is 0 Å². The summed E-state index contributed by atoms with van der Waals surface area (Å²) < 4.78 is 5.20. The van der Waals surface area contributed by atoms with E-state index in [1.807, 2.05) is 25.1 Å². The molecule has 2 rings (SSSR count). The van der Waals surface area contributed by atoms with Crippen LogP contribution in [-0.4, -0.2) is 26.0 Å². The van der Waals surface area contributed by atoms with Crippen LogP contribution in [0.15, 0.2) is 18.2 Å².